The smallest absolute Gasteiger partial charge is 0.185 e. The lowest BCUT2D eigenvalue weighted by Crippen LogP contribution is -2.12. The summed E-state index contributed by atoms with van der Waals surface area (Å²) in [4.78, 5) is 18.3. The first-order valence-electron chi connectivity index (χ1n) is 8.46. The fourth-order valence-corrected chi connectivity index (χ4v) is 2.96. The molecular weight excluding hydrogens is 340 g/mol. The average molecular weight is 356 g/mol. The van der Waals surface area contributed by atoms with E-state index in [0.29, 0.717) is 11.4 Å². The van der Waals surface area contributed by atoms with E-state index < -0.39 is 0 Å². The van der Waals surface area contributed by atoms with Gasteiger partial charge in [-0.05, 0) is 53.6 Å². The molecule has 1 aliphatic carbocycles. The summed E-state index contributed by atoms with van der Waals surface area (Å²) in [6.07, 6.45) is 6.17. The highest BCUT2D eigenvalue weighted by Crippen LogP contribution is 2.28. The van der Waals surface area contributed by atoms with E-state index in [1.807, 2.05) is 36.4 Å². The Morgan fingerprint density at radius 2 is 1.15 bits per heavy atom. The standard InChI is InChI=1S/C20H16N6O/c21-25-23-18-8-4-14(5-9-18)12-16-2-1-3-17(20(16)27)13-15-6-10-19(11-7-15)24-26-22/h4-13H,1-3H2/b16-12-,17-13-. The highest BCUT2D eigenvalue weighted by atomic mass is 16.1. The van der Waals surface area contributed by atoms with Crippen LogP contribution < -0.4 is 0 Å². The fraction of sp³-hybridized carbons (Fsp3) is 0.150. The molecule has 0 amide bonds. The fourth-order valence-electron chi connectivity index (χ4n) is 2.96. The van der Waals surface area contributed by atoms with Crippen LogP contribution in [0.15, 0.2) is 69.9 Å². The van der Waals surface area contributed by atoms with Crippen LogP contribution in [0.5, 0.6) is 0 Å². The van der Waals surface area contributed by atoms with E-state index in [4.69, 9.17) is 11.1 Å². The molecule has 0 N–H and O–H groups in total. The quantitative estimate of drug-likeness (QED) is 0.255. The monoisotopic (exact) mass is 356 g/mol. The van der Waals surface area contributed by atoms with Crippen molar-refractivity contribution in [1.82, 2.24) is 0 Å². The number of hydrogen-bond acceptors (Lipinski definition) is 3. The third-order valence-corrected chi connectivity index (χ3v) is 4.26. The number of ketones is 1. The van der Waals surface area contributed by atoms with Gasteiger partial charge < -0.3 is 0 Å². The predicted octanol–water partition coefficient (Wildman–Crippen LogP) is 6.79. The van der Waals surface area contributed by atoms with E-state index in [1.165, 1.54) is 0 Å². The molecule has 27 heavy (non-hydrogen) atoms. The van der Waals surface area contributed by atoms with Crippen LogP contribution in [0.25, 0.3) is 33.0 Å². The zero-order valence-corrected chi connectivity index (χ0v) is 14.5. The molecule has 2 aromatic carbocycles. The van der Waals surface area contributed by atoms with Crippen molar-refractivity contribution in [3.8, 4) is 0 Å². The van der Waals surface area contributed by atoms with Crippen molar-refractivity contribution in [2.75, 3.05) is 0 Å². The van der Waals surface area contributed by atoms with E-state index in [-0.39, 0.29) is 5.78 Å². The molecule has 0 spiro atoms. The first-order valence-corrected chi connectivity index (χ1v) is 8.46. The van der Waals surface area contributed by atoms with E-state index in [2.05, 4.69) is 20.1 Å². The Labute approximate surface area is 155 Å². The lowest BCUT2D eigenvalue weighted by molar-refractivity contribution is -0.112. The van der Waals surface area contributed by atoms with Gasteiger partial charge in [0, 0.05) is 32.3 Å². The Kier molecular flexibility index (Phi) is 5.70. The molecule has 2 aromatic rings. The topological polar surface area (TPSA) is 115 Å². The van der Waals surface area contributed by atoms with Gasteiger partial charge in [-0.3, -0.25) is 4.79 Å². The molecule has 0 radical (unpaired) electrons. The van der Waals surface area contributed by atoms with Crippen molar-refractivity contribution in [3.63, 3.8) is 0 Å². The molecule has 3 rings (SSSR count). The first-order chi connectivity index (χ1) is 13.2. The molecule has 7 heteroatoms. The van der Waals surface area contributed by atoms with Gasteiger partial charge in [-0.1, -0.05) is 58.8 Å². The molecule has 7 nitrogen and oxygen atoms in total. The second kappa shape index (κ2) is 8.54. The maximum atomic E-state index is 12.8. The summed E-state index contributed by atoms with van der Waals surface area (Å²) < 4.78 is 0. The zero-order valence-electron chi connectivity index (χ0n) is 14.5. The highest BCUT2D eigenvalue weighted by molar-refractivity contribution is 6.13. The number of allylic oxidation sites excluding steroid dienone is 2. The molecule has 1 fully saturated rings. The number of carbonyl (C=O) groups excluding carboxylic acids is 1. The maximum absolute atomic E-state index is 12.8. The Bertz CT molecular complexity index is 924. The van der Waals surface area contributed by atoms with Crippen molar-refractivity contribution in [3.05, 3.63) is 91.7 Å². The third-order valence-electron chi connectivity index (χ3n) is 4.26. The number of hydrogen-bond donors (Lipinski definition) is 0. The number of Topliss-reactive ketones (excluding diaryl/α,β-unsaturated/α-hetero) is 1. The van der Waals surface area contributed by atoms with E-state index >= 15 is 0 Å². The van der Waals surface area contributed by atoms with Crippen molar-refractivity contribution in [1.29, 1.82) is 0 Å². The molecular formula is C20H16N6O. The Morgan fingerprint density at radius 3 is 1.52 bits per heavy atom. The van der Waals surface area contributed by atoms with Crippen LogP contribution in [-0.4, -0.2) is 5.78 Å². The number of azide groups is 2. The molecule has 1 saturated carbocycles. The van der Waals surface area contributed by atoms with Crippen LogP contribution in [0.4, 0.5) is 11.4 Å². The summed E-state index contributed by atoms with van der Waals surface area (Å²) in [6.45, 7) is 0. The van der Waals surface area contributed by atoms with Crippen LogP contribution >= 0.6 is 0 Å². The molecule has 0 bridgehead atoms. The molecule has 1 aliphatic rings. The van der Waals surface area contributed by atoms with Gasteiger partial charge in [0.15, 0.2) is 5.78 Å². The molecule has 0 aromatic heterocycles. The van der Waals surface area contributed by atoms with Crippen molar-refractivity contribution >= 4 is 29.3 Å². The molecule has 0 aliphatic heterocycles. The molecule has 0 saturated heterocycles. The van der Waals surface area contributed by atoms with Crippen LogP contribution in [0, 0.1) is 0 Å². The summed E-state index contributed by atoms with van der Waals surface area (Å²) >= 11 is 0. The zero-order chi connectivity index (χ0) is 19.1. The van der Waals surface area contributed by atoms with E-state index in [9.17, 15) is 4.79 Å². The third kappa shape index (κ3) is 4.64. The first kappa shape index (κ1) is 18.0. The van der Waals surface area contributed by atoms with Crippen LogP contribution in [0.2, 0.25) is 0 Å². The average Bonchev–Trinajstić information content (AvgIpc) is 2.68. The lowest BCUT2D eigenvalue weighted by atomic mass is 9.87. The summed E-state index contributed by atoms with van der Waals surface area (Å²) in [5, 5.41) is 7.09. The number of nitrogens with zero attached hydrogens (tertiary/aromatic N) is 6. The summed E-state index contributed by atoms with van der Waals surface area (Å²) in [5.41, 5.74) is 21.3. The van der Waals surface area contributed by atoms with Crippen LogP contribution in [0.1, 0.15) is 30.4 Å². The Hall–Kier alpha value is -3.79. The Balaban J connectivity index is 1.82. The minimum atomic E-state index is 0.0551. The van der Waals surface area contributed by atoms with Gasteiger partial charge in [-0.15, -0.1) is 0 Å². The molecule has 132 valence electrons. The molecule has 0 heterocycles. The highest BCUT2D eigenvalue weighted by Gasteiger charge is 2.20. The minimum Gasteiger partial charge on any atom is -0.289 e. The summed E-state index contributed by atoms with van der Waals surface area (Å²) in [6, 6.07) is 14.2. The number of carbonyl (C=O) groups is 1. The van der Waals surface area contributed by atoms with Crippen molar-refractivity contribution < 1.29 is 4.79 Å². The number of benzene rings is 2. The second-order valence-corrected chi connectivity index (χ2v) is 6.08. The molecule has 0 atom stereocenters. The minimum absolute atomic E-state index is 0.0551. The normalized spacial score (nSPS) is 16.7. The van der Waals surface area contributed by atoms with E-state index in [0.717, 1.165) is 41.5 Å². The van der Waals surface area contributed by atoms with Gasteiger partial charge in [-0.25, -0.2) is 0 Å². The van der Waals surface area contributed by atoms with Gasteiger partial charge >= 0.3 is 0 Å². The van der Waals surface area contributed by atoms with Gasteiger partial charge in [0.25, 0.3) is 0 Å². The number of rotatable bonds is 4. The predicted molar refractivity (Wildman–Crippen MR) is 105 cm³/mol. The Morgan fingerprint density at radius 1 is 0.741 bits per heavy atom. The van der Waals surface area contributed by atoms with E-state index in [1.54, 1.807) is 24.3 Å². The maximum Gasteiger partial charge on any atom is 0.185 e. The van der Waals surface area contributed by atoms with Crippen LogP contribution in [-0.2, 0) is 4.79 Å². The second-order valence-electron chi connectivity index (χ2n) is 6.08. The van der Waals surface area contributed by atoms with Crippen molar-refractivity contribution in [2.24, 2.45) is 10.2 Å². The SMILES string of the molecule is [N-]=[N+]=Nc1ccc(/C=C2/CCC/C(=C/c3ccc(N=[N+]=[N-])cc3)C2=O)cc1. The van der Waals surface area contributed by atoms with Gasteiger partial charge in [0.1, 0.15) is 0 Å². The summed E-state index contributed by atoms with van der Waals surface area (Å²) in [5.74, 6) is 0.0551. The largest absolute Gasteiger partial charge is 0.289 e. The molecule has 0 unspecified atom stereocenters. The van der Waals surface area contributed by atoms with Gasteiger partial charge in [0.2, 0.25) is 0 Å². The van der Waals surface area contributed by atoms with Gasteiger partial charge in [-0.2, -0.15) is 0 Å². The summed E-state index contributed by atoms with van der Waals surface area (Å²) in [7, 11) is 0. The van der Waals surface area contributed by atoms with Gasteiger partial charge in [0.05, 0.1) is 0 Å². The van der Waals surface area contributed by atoms with Crippen LogP contribution in [0.3, 0.4) is 0 Å². The lowest BCUT2D eigenvalue weighted by Gasteiger charge is -2.16. The van der Waals surface area contributed by atoms with Crippen molar-refractivity contribution in [2.45, 2.75) is 19.3 Å².